The second kappa shape index (κ2) is 13.3. The van der Waals surface area contributed by atoms with Gasteiger partial charge in [0, 0.05) is 16.3 Å². The number of thiazole rings is 1. The van der Waals surface area contributed by atoms with Crippen molar-refractivity contribution in [3.63, 3.8) is 0 Å². The van der Waals surface area contributed by atoms with Gasteiger partial charge in [0.15, 0.2) is 4.80 Å². The Labute approximate surface area is 273 Å². The Balaban J connectivity index is 1.42. The molecule has 0 fully saturated rings. The van der Waals surface area contributed by atoms with E-state index in [0.29, 0.717) is 53.9 Å². The van der Waals surface area contributed by atoms with Gasteiger partial charge in [-0.1, -0.05) is 65.4 Å². The molecule has 0 saturated carbocycles. The number of carbonyl (C=O) groups excluding carboxylic acids is 1. The number of carbonyl (C=O) groups is 1. The largest absolute Gasteiger partial charge is 0.497 e. The lowest BCUT2D eigenvalue weighted by Crippen LogP contribution is -2.40. The number of nitriles is 1. The summed E-state index contributed by atoms with van der Waals surface area (Å²) in [5.74, 6) is 0.836. The molecule has 4 aromatic carbocycles. The lowest BCUT2D eigenvalue weighted by atomic mass is 9.95. The van der Waals surface area contributed by atoms with Crippen LogP contribution < -0.4 is 29.7 Å². The summed E-state index contributed by atoms with van der Waals surface area (Å²) < 4.78 is 13.4. The molecular formula is C36H27ClN4O4S. The van der Waals surface area contributed by atoms with Crippen LogP contribution in [0.5, 0.6) is 11.5 Å². The predicted octanol–water partition coefficient (Wildman–Crippen LogP) is 5.99. The molecule has 10 heteroatoms. The van der Waals surface area contributed by atoms with Gasteiger partial charge in [0.25, 0.3) is 11.5 Å². The first-order valence-electron chi connectivity index (χ1n) is 14.3. The maximum atomic E-state index is 14.2. The van der Waals surface area contributed by atoms with Crippen molar-refractivity contribution in [3.8, 4) is 17.6 Å². The number of hydrogen-bond acceptors (Lipinski definition) is 7. The van der Waals surface area contributed by atoms with Crippen molar-refractivity contribution >= 4 is 40.6 Å². The summed E-state index contributed by atoms with van der Waals surface area (Å²) >= 11 is 7.60. The van der Waals surface area contributed by atoms with Crippen molar-refractivity contribution in [1.29, 1.82) is 5.26 Å². The number of methoxy groups -OCH3 is 1. The topological polar surface area (TPSA) is 106 Å². The lowest BCUT2D eigenvalue weighted by Gasteiger charge is -2.25. The van der Waals surface area contributed by atoms with Gasteiger partial charge in [-0.25, -0.2) is 4.99 Å². The molecule has 0 spiro atoms. The first-order valence-corrected chi connectivity index (χ1v) is 15.5. The highest BCUT2D eigenvalue weighted by Crippen LogP contribution is 2.32. The molecule has 1 aliphatic rings. The molecule has 6 rings (SSSR count). The predicted molar refractivity (Wildman–Crippen MR) is 179 cm³/mol. The second-order valence-electron chi connectivity index (χ2n) is 10.5. The molecular weight excluding hydrogens is 620 g/mol. The van der Waals surface area contributed by atoms with Crippen LogP contribution in [0.25, 0.3) is 6.08 Å². The van der Waals surface area contributed by atoms with E-state index in [-0.39, 0.29) is 18.1 Å². The van der Waals surface area contributed by atoms with Gasteiger partial charge in [-0.3, -0.25) is 14.2 Å². The highest BCUT2D eigenvalue weighted by atomic mass is 35.5. The van der Waals surface area contributed by atoms with E-state index in [1.807, 2.05) is 42.5 Å². The van der Waals surface area contributed by atoms with Gasteiger partial charge in [-0.2, -0.15) is 5.26 Å². The Hall–Kier alpha value is -5.43. The molecule has 5 aromatic rings. The van der Waals surface area contributed by atoms with Crippen molar-refractivity contribution in [2.45, 2.75) is 19.6 Å². The maximum Gasteiger partial charge on any atom is 0.271 e. The molecule has 0 radical (unpaired) electrons. The van der Waals surface area contributed by atoms with Crippen LogP contribution in [-0.4, -0.2) is 17.6 Å². The Morgan fingerprint density at radius 3 is 2.50 bits per heavy atom. The molecule has 46 heavy (non-hydrogen) atoms. The third-order valence-electron chi connectivity index (χ3n) is 7.47. The van der Waals surface area contributed by atoms with Gasteiger partial charge in [0.05, 0.1) is 40.6 Å². The molecule has 0 aliphatic carbocycles. The number of nitrogens with one attached hydrogen (secondary N) is 1. The fourth-order valence-electron chi connectivity index (χ4n) is 5.17. The van der Waals surface area contributed by atoms with Gasteiger partial charge in [-0.05, 0) is 78.7 Å². The number of ether oxygens (including phenoxy) is 2. The number of aromatic nitrogens is 1. The van der Waals surface area contributed by atoms with E-state index in [9.17, 15) is 9.59 Å². The number of amides is 1. The SMILES string of the molecule is COc1ccc([C@H]2C(C(=O)Nc3ccccc3)=C(C)N=c3s/c(=C/c4cc(Cl)ccc4OCc4ccc(C#N)cc4)c(=O)n32)cc1. The van der Waals surface area contributed by atoms with Crippen LogP contribution >= 0.6 is 22.9 Å². The monoisotopic (exact) mass is 646 g/mol. The maximum absolute atomic E-state index is 14.2. The summed E-state index contributed by atoms with van der Waals surface area (Å²) in [6.07, 6.45) is 1.73. The number of fused-ring (bicyclic) bond motifs is 1. The molecule has 1 amide bonds. The van der Waals surface area contributed by atoms with Gasteiger partial charge in [-0.15, -0.1) is 0 Å². The number of hydrogen-bond donors (Lipinski definition) is 1. The van der Waals surface area contributed by atoms with Gasteiger partial charge in [0.1, 0.15) is 18.1 Å². The van der Waals surface area contributed by atoms with E-state index < -0.39 is 6.04 Å². The second-order valence-corrected chi connectivity index (χ2v) is 11.9. The zero-order valence-corrected chi connectivity index (χ0v) is 26.4. The zero-order valence-electron chi connectivity index (χ0n) is 24.9. The Kier molecular flexibility index (Phi) is 8.83. The quantitative estimate of drug-likeness (QED) is 0.223. The summed E-state index contributed by atoms with van der Waals surface area (Å²) in [7, 11) is 1.58. The van der Waals surface area contributed by atoms with Crippen LogP contribution in [0.3, 0.4) is 0 Å². The minimum absolute atomic E-state index is 0.256. The number of nitrogens with zero attached hydrogens (tertiary/aromatic N) is 3. The highest BCUT2D eigenvalue weighted by molar-refractivity contribution is 7.07. The van der Waals surface area contributed by atoms with Gasteiger partial charge < -0.3 is 14.8 Å². The molecule has 1 N–H and O–H groups in total. The summed E-state index contributed by atoms with van der Waals surface area (Å²) in [6.45, 7) is 2.03. The standard InChI is InChI=1S/C36H27ClN4O4S/c1-22-32(34(42)40-28-6-4-3-5-7-28)33(25-12-15-29(44-2)16-13-25)41-35(43)31(46-36(41)39-22)19-26-18-27(37)14-17-30(26)45-21-24-10-8-23(20-38)9-11-24/h3-19,33H,21H2,1-2H3,(H,40,42)/b31-19+/t33-/m0/s1. The minimum atomic E-state index is -0.737. The van der Waals surface area contributed by atoms with E-state index >= 15 is 0 Å². The molecule has 2 heterocycles. The van der Waals surface area contributed by atoms with Crippen LogP contribution in [0, 0.1) is 11.3 Å². The number of rotatable bonds is 8. The number of allylic oxidation sites excluding steroid dienone is 1. The average Bonchev–Trinajstić information content (AvgIpc) is 3.38. The zero-order chi connectivity index (χ0) is 32.2. The third-order valence-corrected chi connectivity index (χ3v) is 8.68. The Morgan fingerprint density at radius 2 is 1.80 bits per heavy atom. The van der Waals surface area contributed by atoms with Crippen molar-refractivity contribution in [2.24, 2.45) is 4.99 Å². The molecule has 1 aliphatic heterocycles. The first-order chi connectivity index (χ1) is 22.3. The fraction of sp³-hybridized carbons (Fsp3) is 0.111. The molecule has 0 unspecified atom stereocenters. The van der Waals surface area contributed by atoms with Crippen molar-refractivity contribution in [3.05, 3.63) is 155 Å². The number of halogens is 1. The van der Waals surface area contributed by atoms with Gasteiger partial charge >= 0.3 is 0 Å². The summed E-state index contributed by atoms with van der Waals surface area (Å²) in [6, 6.07) is 30.2. The van der Waals surface area contributed by atoms with Crippen LogP contribution in [0.1, 0.15) is 35.2 Å². The van der Waals surface area contributed by atoms with Crippen LogP contribution in [-0.2, 0) is 11.4 Å². The number of anilines is 1. The van der Waals surface area contributed by atoms with E-state index in [4.69, 9.17) is 31.3 Å². The Morgan fingerprint density at radius 1 is 1.07 bits per heavy atom. The fourth-order valence-corrected chi connectivity index (χ4v) is 6.39. The molecule has 0 saturated heterocycles. The molecule has 1 aromatic heterocycles. The van der Waals surface area contributed by atoms with Crippen LogP contribution in [0.2, 0.25) is 5.02 Å². The van der Waals surface area contributed by atoms with E-state index in [0.717, 1.165) is 11.1 Å². The number of benzene rings is 4. The number of para-hydroxylation sites is 1. The van der Waals surface area contributed by atoms with E-state index in [1.54, 1.807) is 79.3 Å². The minimum Gasteiger partial charge on any atom is -0.497 e. The smallest absolute Gasteiger partial charge is 0.271 e. The van der Waals surface area contributed by atoms with Gasteiger partial charge in [0.2, 0.25) is 0 Å². The lowest BCUT2D eigenvalue weighted by molar-refractivity contribution is -0.113. The van der Waals surface area contributed by atoms with Crippen LogP contribution in [0.15, 0.2) is 118 Å². The molecule has 1 atom stereocenters. The normalized spacial score (nSPS) is 14.2. The van der Waals surface area contributed by atoms with E-state index in [2.05, 4.69) is 11.4 Å². The van der Waals surface area contributed by atoms with Crippen LogP contribution in [0.4, 0.5) is 5.69 Å². The summed E-state index contributed by atoms with van der Waals surface area (Å²) in [5.41, 5.74) is 4.00. The Bertz CT molecular complexity index is 2180. The first kappa shape index (κ1) is 30.6. The molecule has 8 nitrogen and oxygen atoms in total. The third kappa shape index (κ3) is 6.35. The summed E-state index contributed by atoms with van der Waals surface area (Å²) in [5, 5.41) is 12.5. The highest BCUT2D eigenvalue weighted by Gasteiger charge is 2.32. The van der Waals surface area contributed by atoms with Crippen molar-refractivity contribution in [2.75, 3.05) is 12.4 Å². The van der Waals surface area contributed by atoms with Crippen molar-refractivity contribution in [1.82, 2.24) is 4.57 Å². The van der Waals surface area contributed by atoms with Crippen molar-refractivity contribution < 1.29 is 14.3 Å². The average molecular weight is 647 g/mol. The van der Waals surface area contributed by atoms with E-state index in [1.165, 1.54) is 11.3 Å². The summed E-state index contributed by atoms with van der Waals surface area (Å²) in [4.78, 5) is 33.2. The molecule has 228 valence electrons. The molecule has 0 bridgehead atoms.